The number of rotatable bonds is 4. The summed E-state index contributed by atoms with van der Waals surface area (Å²) in [6, 6.07) is 3.45. The van der Waals surface area contributed by atoms with Gasteiger partial charge < -0.3 is 5.43 Å². The minimum Gasteiger partial charge on any atom is -0.318 e. The van der Waals surface area contributed by atoms with E-state index in [1.807, 2.05) is 0 Å². The molecule has 0 fully saturated rings. The van der Waals surface area contributed by atoms with Gasteiger partial charge in [0.25, 0.3) is 5.69 Å². The summed E-state index contributed by atoms with van der Waals surface area (Å²) in [6.45, 7) is 5.03. The zero-order valence-corrected chi connectivity index (χ0v) is 11.6. The molecule has 4 N–H and O–H groups in total. The third kappa shape index (κ3) is 3.88. The highest BCUT2D eigenvalue weighted by atomic mass is 32.2. The lowest BCUT2D eigenvalue weighted by Gasteiger charge is -2.20. The van der Waals surface area contributed by atoms with Crippen LogP contribution in [0, 0.1) is 10.1 Å². The number of nitro groups is 1. The van der Waals surface area contributed by atoms with Crippen LogP contribution in [-0.4, -0.2) is 18.9 Å². The quantitative estimate of drug-likeness (QED) is 0.430. The Labute approximate surface area is 111 Å². The molecule has 9 heteroatoms. The number of nitrogen functional groups attached to an aromatic ring is 1. The van der Waals surface area contributed by atoms with E-state index in [0.29, 0.717) is 0 Å². The molecular weight excluding hydrogens is 272 g/mol. The van der Waals surface area contributed by atoms with Gasteiger partial charge in [-0.2, -0.15) is 0 Å². The predicted octanol–water partition coefficient (Wildman–Crippen LogP) is 0.957. The molecule has 0 aliphatic carbocycles. The number of nitrogens with one attached hydrogen (secondary N) is 2. The van der Waals surface area contributed by atoms with E-state index in [9.17, 15) is 18.5 Å². The summed E-state index contributed by atoms with van der Waals surface area (Å²) < 4.78 is 26.5. The first-order valence-corrected chi connectivity index (χ1v) is 6.84. The number of hydrogen-bond donors (Lipinski definition) is 3. The maximum absolute atomic E-state index is 12.0. The van der Waals surface area contributed by atoms with Crippen LogP contribution in [-0.2, 0) is 10.0 Å². The van der Waals surface area contributed by atoms with Gasteiger partial charge in [0.1, 0.15) is 5.69 Å². The summed E-state index contributed by atoms with van der Waals surface area (Å²) in [7, 11) is -3.82. The van der Waals surface area contributed by atoms with Crippen LogP contribution in [0.5, 0.6) is 0 Å². The van der Waals surface area contributed by atoms with E-state index in [1.165, 1.54) is 12.1 Å². The van der Waals surface area contributed by atoms with E-state index in [2.05, 4.69) is 10.1 Å². The van der Waals surface area contributed by atoms with Crippen LogP contribution < -0.4 is 16.0 Å². The van der Waals surface area contributed by atoms with Gasteiger partial charge in [0.2, 0.25) is 10.0 Å². The lowest BCUT2D eigenvalue weighted by Crippen LogP contribution is -2.40. The van der Waals surface area contributed by atoms with Gasteiger partial charge in [-0.25, -0.2) is 13.1 Å². The minimum atomic E-state index is -3.82. The van der Waals surface area contributed by atoms with Crippen molar-refractivity contribution in [3.63, 3.8) is 0 Å². The average molecular weight is 288 g/mol. The number of nitrogens with two attached hydrogens (primary N) is 1. The molecule has 0 saturated carbocycles. The van der Waals surface area contributed by atoms with Crippen molar-refractivity contribution in [3.05, 3.63) is 28.3 Å². The van der Waals surface area contributed by atoms with Gasteiger partial charge in [-0.1, -0.05) is 0 Å². The Morgan fingerprint density at radius 3 is 2.32 bits per heavy atom. The van der Waals surface area contributed by atoms with Crippen molar-refractivity contribution >= 4 is 21.4 Å². The fourth-order valence-corrected chi connectivity index (χ4v) is 2.85. The number of hydrogen-bond acceptors (Lipinski definition) is 6. The van der Waals surface area contributed by atoms with Gasteiger partial charge >= 0.3 is 0 Å². The van der Waals surface area contributed by atoms with Crippen molar-refractivity contribution in [1.29, 1.82) is 0 Å². The molecule has 1 aromatic carbocycles. The highest BCUT2D eigenvalue weighted by Crippen LogP contribution is 2.27. The van der Waals surface area contributed by atoms with E-state index < -0.39 is 26.2 Å². The molecular formula is C10H16N4O4S. The van der Waals surface area contributed by atoms with E-state index in [1.54, 1.807) is 20.8 Å². The summed E-state index contributed by atoms with van der Waals surface area (Å²) in [5.41, 5.74) is 1.10. The van der Waals surface area contributed by atoms with Crippen LogP contribution in [0.15, 0.2) is 23.1 Å². The number of nitrogens with zero attached hydrogens (tertiary/aromatic N) is 1. The number of benzene rings is 1. The van der Waals surface area contributed by atoms with Crippen molar-refractivity contribution in [2.45, 2.75) is 31.2 Å². The van der Waals surface area contributed by atoms with Crippen molar-refractivity contribution in [2.24, 2.45) is 5.84 Å². The van der Waals surface area contributed by atoms with Gasteiger partial charge in [-0.3, -0.25) is 16.0 Å². The normalized spacial score (nSPS) is 12.2. The average Bonchev–Trinajstić information content (AvgIpc) is 2.24. The lowest BCUT2D eigenvalue weighted by molar-refractivity contribution is -0.384. The summed E-state index contributed by atoms with van der Waals surface area (Å²) in [6.07, 6.45) is 0. The second kappa shape index (κ2) is 5.11. The molecule has 0 spiro atoms. The fraction of sp³-hybridized carbons (Fsp3) is 0.400. The number of sulfonamides is 1. The van der Waals surface area contributed by atoms with E-state index in [0.717, 1.165) is 6.07 Å². The van der Waals surface area contributed by atoms with Crippen LogP contribution >= 0.6 is 0 Å². The van der Waals surface area contributed by atoms with Crippen LogP contribution in [0.25, 0.3) is 0 Å². The molecule has 0 radical (unpaired) electrons. The number of anilines is 1. The smallest absolute Gasteiger partial charge is 0.294 e. The first-order chi connectivity index (χ1) is 8.57. The molecule has 8 nitrogen and oxygen atoms in total. The van der Waals surface area contributed by atoms with Gasteiger partial charge in [0.15, 0.2) is 0 Å². The van der Waals surface area contributed by atoms with Crippen molar-refractivity contribution < 1.29 is 13.3 Å². The molecule has 106 valence electrons. The van der Waals surface area contributed by atoms with Crippen LogP contribution in [0.3, 0.4) is 0 Å². The topological polar surface area (TPSA) is 127 Å². The predicted molar refractivity (Wildman–Crippen MR) is 71.0 cm³/mol. The first-order valence-electron chi connectivity index (χ1n) is 5.36. The van der Waals surface area contributed by atoms with Crippen LogP contribution in [0.2, 0.25) is 0 Å². The zero-order chi connectivity index (χ0) is 14.8. The molecule has 19 heavy (non-hydrogen) atoms. The van der Waals surface area contributed by atoms with E-state index in [4.69, 9.17) is 5.84 Å². The summed E-state index contributed by atoms with van der Waals surface area (Å²) in [5.74, 6) is 5.13. The lowest BCUT2D eigenvalue weighted by atomic mass is 10.1. The SMILES string of the molecule is CC(C)(C)NS(=O)(=O)c1ccc(NN)c([N+](=O)[O-])c1. The maximum Gasteiger partial charge on any atom is 0.294 e. The number of hydrazine groups is 1. The summed E-state index contributed by atoms with van der Waals surface area (Å²) >= 11 is 0. The number of nitro benzene ring substituents is 1. The Balaban J connectivity index is 3.30. The Kier molecular flexibility index (Phi) is 4.13. The molecule has 1 aromatic rings. The largest absolute Gasteiger partial charge is 0.318 e. The zero-order valence-electron chi connectivity index (χ0n) is 10.8. The Hall–Kier alpha value is -1.71. The Morgan fingerprint density at radius 2 is 1.89 bits per heavy atom. The highest BCUT2D eigenvalue weighted by molar-refractivity contribution is 7.89. The Morgan fingerprint density at radius 1 is 1.32 bits per heavy atom. The van der Waals surface area contributed by atoms with Crippen LogP contribution in [0.1, 0.15) is 20.8 Å². The van der Waals surface area contributed by atoms with E-state index >= 15 is 0 Å². The van der Waals surface area contributed by atoms with Crippen molar-refractivity contribution in [1.82, 2.24) is 4.72 Å². The molecule has 0 unspecified atom stereocenters. The molecule has 0 bridgehead atoms. The second-order valence-corrected chi connectivity index (χ2v) is 6.62. The third-order valence-electron chi connectivity index (χ3n) is 2.07. The minimum absolute atomic E-state index is 0.0414. The fourth-order valence-electron chi connectivity index (χ4n) is 1.41. The van der Waals surface area contributed by atoms with Crippen LogP contribution in [0.4, 0.5) is 11.4 Å². The molecule has 1 rings (SSSR count). The standard InChI is InChI=1S/C10H16N4O4S/c1-10(2,3)13-19(17,18)7-4-5-8(12-11)9(6-7)14(15)16/h4-6,12-13H,11H2,1-3H3. The van der Waals surface area contributed by atoms with Gasteiger partial charge in [0.05, 0.1) is 9.82 Å². The Bertz CT molecular complexity index is 592. The highest BCUT2D eigenvalue weighted by Gasteiger charge is 2.25. The molecule has 0 aliphatic heterocycles. The molecule has 0 heterocycles. The van der Waals surface area contributed by atoms with Gasteiger partial charge in [-0.05, 0) is 32.9 Å². The molecule has 0 amide bonds. The second-order valence-electron chi connectivity index (χ2n) is 4.94. The molecule has 0 aliphatic rings. The summed E-state index contributed by atoms with van der Waals surface area (Å²) in [5, 5.41) is 10.8. The molecule has 0 atom stereocenters. The van der Waals surface area contributed by atoms with E-state index in [-0.39, 0.29) is 10.6 Å². The maximum atomic E-state index is 12.0. The molecule has 0 saturated heterocycles. The molecule has 0 aromatic heterocycles. The third-order valence-corrected chi connectivity index (χ3v) is 3.83. The van der Waals surface area contributed by atoms with Gasteiger partial charge in [0, 0.05) is 11.6 Å². The summed E-state index contributed by atoms with van der Waals surface area (Å²) in [4.78, 5) is 9.95. The van der Waals surface area contributed by atoms with Crippen molar-refractivity contribution in [2.75, 3.05) is 5.43 Å². The van der Waals surface area contributed by atoms with Gasteiger partial charge in [-0.15, -0.1) is 0 Å². The van der Waals surface area contributed by atoms with Crippen molar-refractivity contribution in [3.8, 4) is 0 Å². The first kappa shape index (κ1) is 15.3. The monoisotopic (exact) mass is 288 g/mol.